The molecule has 26 heavy (non-hydrogen) atoms. The Morgan fingerprint density at radius 3 is 2.65 bits per heavy atom. The van der Waals surface area contributed by atoms with Gasteiger partial charge in [-0.1, -0.05) is 0 Å². The van der Waals surface area contributed by atoms with E-state index in [-0.39, 0.29) is 30.6 Å². The van der Waals surface area contributed by atoms with Gasteiger partial charge in [-0.3, -0.25) is 9.48 Å². The number of hydrogen-bond acceptors (Lipinski definition) is 5. The van der Waals surface area contributed by atoms with Crippen LogP contribution in [0.15, 0.2) is 0 Å². The molecule has 0 fully saturated rings. The van der Waals surface area contributed by atoms with E-state index in [1.807, 2.05) is 27.7 Å². The van der Waals surface area contributed by atoms with Crippen LogP contribution in [0.3, 0.4) is 0 Å². The number of rotatable bonds is 1. The fourth-order valence-corrected chi connectivity index (χ4v) is 3.60. The van der Waals surface area contributed by atoms with Crippen molar-refractivity contribution in [1.82, 2.24) is 19.6 Å². The van der Waals surface area contributed by atoms with Crippen LogP contribution in [-0.2, 0) is 24.2 Å². The van der Waals surface area contributed by atoms with E-state index >= 15 is 0 Å². The highest BCUT2D eigenvalue weighted by Gasteiger charge is 2.38. The molecule has 3 heterocycles. The van der Waals surface area contributed by atoms with Gasteiger partial charge in [-0.2, -0.15) is 5.10 Å². The summed E-state index contributed by atoms with van der Waals surface area (Å²) in [5, 5.41) is 14.2. The van der Waals surface area contributed by atoms with Crippen molar-refractivity contribution in [3.63, 3.8) is 0 Å². The normalized spacial score (nSPS) is 23.4. The maximum absolute atomic E-state index is 12.9. The van der Waals surface area contributed by atoms with E-state index in [2.05, 4.69) is 5.10 Å². The van der Waals surface area contributed by atoms with Gasteiger partial charge in [-0.05, 0) is 27.7 Å². The Hall–Kier alpha value is -2.09. The van der Waals surface area contributed by atoms with Gasteiger partial charge in [-0.15, -0.1) is 0 Å². The maximum atomic E-state index is 12.9. The summed E-state index contributed by atoms with van der Waals surface area (Å²) in [7, 11) is 1.73. The molecule has 2 aliphatic rings. The summed E-state index contributed by atoms with van der Waals surface area (Å²) in [6, 6.07) is -0.0574. The van der Waals surface area contributed by atoms with Crippen molar-refractivity contribution in [3.05, 3.63) is 17.0 Å². The first-order chi connectivity index (χ1) is 12.1. The first-order valence-electron chi connectivity index (χ1n) is 9.05. The Balaban J connectivity index is 1.94. The molecular weight excluding hydrogens is 336 g/mol. The fraction of sp³-hybridized carbons (Fsp3) is 0.722. The van der Waals surface area contributed by atoms with Crippen LogP contribution < -0.4 is 0 Å². The standard InChI is InChI=1S/C18H28N4O4/c1-11-6-14-13(9-21(11)17(25)26-18(2,3)4)15-16(24)20(5)7-12(10-23)8-22(15)19-14/h11-12,23H,6-10H2,1-5H3/t11-,12+/m1/s1. The highest BCUT2D eigenvalue weighted by atomic mass is 16.6. The molecule has 8 nitrogen and oxygen atoms in total. The highest BCUT2D eigenvalue weighted by Crippen LogP contribution is 2.29. The molecule has 2 atom stereocenters. The van der Waals surface area contributed by atoms with Gasteiger partial charge in [-0.25, -0.2) is 4.79 Å². The minimum Gasteiger partial charge on any atom is -0.444 e. The Morgan fingerprint density at radius 2 is 2.04 bits per heavy atom. The molecule has 2 aliphatic heterocycles. The number of amides is 2. The highest BCUT2D eigenvalue weighted by molar-refractivity contribution is 5.94. The minimum atomic E-state index is -0.572. The van der Waals surface area contributed by atoms with Gasteiger partial charge in [0.05, 0.1) is 12.2 Å². The number of aliphatic hydroxyl groups is 1. The third kappa shape index (κ3) is 3.42. The van der Waals surface area contributed by atoms with Gasteiger partial charge in [0.15, 0.2) is 0 Å². The number of hydrogen-bond donors (Lipinski definition) is 1. The van der Waals surface area contributed by atoms with Gasteiger partial charge in [0.25, 0.3) is 5.91 Å². The molecular formula is C18H28N4O4. The number of carbonyl (C=O) groups excluding carboxylic acids is 2. The van der Waals surface area contributed by atoms with Crippen LogP contribution in [0.4, 0.5) is 4.79 Å². The molecule has 1 aromatic heterocycles. The Labute approximate surface area is 153 Å². The number of nitrogens with zero attached hydrogens (tertiary/aromatic N) is 4. The lowest BCUT2D eigenvalue weighted by Gasteiger charge is -2.34. The van der Waals surface area contributed by atoms with Crippen molar-refractivity contribution in [2.24, 2.45) is 5.92 Å². The SMILES string of the molecule is C[C@@H]1Cc2nn3c(c2CN1C(=O)OC(C)(C)C)C(=O)N(C)C[C@H](CO)C3. The third-order valence-electron chi connectivity index (χ3n) is 4.88. The molecule has 3 rings (SSSR count). The number of carbonyl (C=O) groups is 2. The third-order valence-corrected chi connectivity index (χ3v) is 4.88. The molecule has 2 amide bonds. The molecule has 8 heteroatoms. The topological polar surface area (TPSA) is 87.9 Å². The smallest absolute Gasteiger partial charge is 0.410 e. The van der Waals surface area contributed by atoms with E-state index in [1.165, 1.54) is 0 Å². The molecule has 1 aromatic rings. The summed E-state index contributed by atoms with van der Waals surface area (Å²) in [6.45, 7) is 8.77. The first-order valence-corrected chi connectivity index (χ1v) is 9.05. The number of fused-ring (bicyclic) bond motifs is 3. The van der Waals surface area contributed by atoms with Crippen LogP contribution in [0.1, 0.15) is 49.4 Å². The van der Waals surface area contributed by atoms with E-state index in [1.54, 1.807) is 21.5 Å². The zero-order valence-electron chi connectivity index (χ0n) is 16.2. The average molecular weight is 364 g/mol. The van der Waals surface area contributed by atoms with Crippen molar-refractivity contribution in [1.29, 1.82) is 0 Å². The van der Waals surface area contributed by atoms with Crippen molar-refractivity contribution in [3.8, 4) is 0 Å². The Morgan fingerprint density at radius 1 is 1.35 bits per heavy atom. The molecule has 0 aromatic carbocycles. The Kier molecular flexibility index (Phi) is 4.72. The lowest BCUT2D eigenvalue weighted by atomic mass is 9.99. The predicted molar refractivity (Wildman–Crippen MR) is 94.7 cm³/mol. The second-order valence-corrected chi connectivity index (χ2v) is 8.35. The predicted octanol–water partition coefficient (Wildman–Crippen LogP) is 1.26. The molecule has 0 bridgehead atoms. The minimum absolute atomic E-state index is 0.00201. The average Bonchev–Trinajstić information content (AvgIpc) is 2.81. The molecule has 0 radical (unpaired) electrons. The zero-order valence-corrected chi connectivity index (χ0v) is 16.2. The fourth-order valence-electron chi connectivity index (χ4n) is 3.60. The number of aromatic nitrogens is 2. The molecule has 0 aliphatic carbocycles. The summed E-state index contributed by atoms with van der Waals surface area (Å²) < 4.78 is 7.23. The van der Waals surface area contributed by atoms with E-state index < -0.39 is 5.60 Å². The molecule has 0 unspecified atom stereocenters. The number of aliphatic hydroxyl groups excluding tert-OH is 1. The van der Waals surface area contributed by atoms with Gasteiger partial charge < -0.3 is 19.6 Å². The maximum Gasteiger partial charge on any atom is 0.410 e. The molecule has 1 N–H and O–H groups in total. The van der Waals surface area contributed by atoms with E-state index in [0.29, 0.717) is 31.7 Å². The van der Waals surface area contributed by atoms with Gasteiger partial charge in [0.2, 0.25) is 0 Å². The first kappa shape index (κ1) is 18.7. The van der Waals surface area contributed by atoms with Crippen LogP contribution in [0.2, 0.25) is 0 Å². The van der Waals surface area contributed by atoms with Gasteiger partial charge in [0.1, 0.15) is 11.3 Å². The van der Waals surface area contributed by atoms with Crippen LogP contribution in [0.25, 0.3) is 0 Å². The van der Waals surface area contributed by atoms with Crippen LogP contribution in [0, 0.1) is 5.92 Å². The monoisotopic (exact) mass is 364 g/mol. The van der Waals surface area contributed by atoms with Crippen molar-refractivity contribution in [2.45, 2.75) is 58.8 Å². The molecule has 0 saturated carbocycles. The summed E-state index contributed by atoms with van der Waals surface area (Å²) in [4.78, 5) is 28.7. The van der Waals surface area contributed by atoms with Crippen molar-refractivity contribution < 1.29 is 19.4 Å². The van der Waals surface area contributed by atoms with E-state index in [9.17, 15) is 14.7 Å². The van der Waals surface area contributed by atoms with Crippen LogP contribution in [0.5, 0.6) is 0 Å². The number of ether oxygens (including phenoxy) is 1. The zero-order chi connectivity index (χ0) is 19.2. The summed E-state index contributed by atoms with van der Waals surface area (Å²) in [5.74, 6) is -0.167. The van der Waals surface area contributed by atoms with Crippen LogP contribution in [-0.4, -0.2) is 68.5 Å². The summed E-state index contributed by atoms with van der Waals surface area (Å²) >= 11 is 0. The molecule has 0 saturated heterocycles. The van der Waals surface area contributed by atoms with E-state index in [0.717, 1.165) is 11.3 Å². The van der Waals surface area contributed by atoms with Gasteiger partial charge >= 0.3 is 6.09 Å². The quantitative estimate of drug-likeness (QED) is 0.810. The van der Waals surface area contributed by atoms with Gasteiger partial charge in [0, 0.05) is 50.7 Å². The lowest BCUT2D eigenvalue weighted by molar-refractivity contribution is 0.0136. The second kappa shape index (κ2) is 6.57. The molecule has 144 valence electrons. The largest absolute Gasteiger partial charge is 0.444 e. The van der Waals surface area contributed by atoms with E-state index in [4.69, 9.17) is 4.74 Å². The Bertz CT molecular complexity index is 722. The summed E-state index contributed by atoms with van der Waals surface area (Å²) in [6.07, 6.45) is 0.202. The molecule has 0 spiro atoms. The summed E-state index contributed by atoms with van der Waals surface area (Å²) in [5.41, 5.74) is 1.60. The lowest BCUT2D eigenvalue weighted by Crippen LogP contribution is -2.45. The second-order valence-electron chi connectivity index (χ2n) is 8.35. The van der Waals surface area contributed by atoms with Crippen molar-refractivity contribution >= 4 is 12.0 Å². The van der Waals surface area contributed by atoms with Crippen molar-refractivity contribution in [2.75, 3.05) is 20.2 Å². The van der Waals surface area contributed by atoms with Crippen LogP contribution >= 0.6 is 0 Å².